The molecular weight excluding hydrogens is 118 g/mol. The molecule has 1 atom stereocenters. The number of aliphatic carboxylic acids is 1. The van der Waals surface area contributed by atoms with Crippen LogP contribution in [0, 0.1) is 0 Å². The summed E-state index contributed by atoms with van der Waals surface area (Å²) in [5.74, 6) is -0.840. The standard InChI is InChI=1S/C6H11NO2/c1-3-4-7-5(2)6(8)9/h3-5,7H,1-2H3,(H,8,9). The van der Waals surface area contributed by atoms with Crippen molar-refractivity contribution in [2.75, 3.05) is 0 Å². The summed E-state index contributed by atoms with van der Waals surface area (Å²) in [5.41, 5.74) is 0. The van der Waals surface area contributed by atoms with Gasteiger partial charge in [-0.25, -0.2) is 0 Å². The lowest BCUT2D eigenvalue weighted by Crippen LogP contribution is -2.29. The van der Waals surface area contributed by atoms with E-state index in [0.29, 0.717) is 0 Å². The quantitative estimate of drug-likeness (QED) is 0.586. The number of hydrogen-bond donors (Lipinski definition) is 2. The van der Waals surface area contributed by atoms with Gasteiger partial charge in [0.1, 0.15) is 6.04 Å². The van der Waals surface area contributed by atoms with Crippen LogP contribution in [0.5, 0.6) is 0 Å². The van der Waals surface area contributed by atoms with E-state index in [2.05, 4.69) is 5.32 Å². The summed E-state index contributed by atoms with van der Waals surface area (Å²) in [4.78, 5) is 10.1. The first-order valence-electron chi connectivity index (χ1n) is 2.78. The third-order valence-electron chi connectivity index (χ3n) is 0.883. The Morgan fingerprint density at radius 1 is 1.78 bits per heavy atom. The minimum absolute atomic E-state index is 0.499. The fraction of sp³-hybridized carbons (Fsp3) is 0.500. The van der Waals surface area contributed by atoms with E-state index in [-0.39, 0.29) is 0 Å². The van der Waals surface area contributed by atoms with E-state index in [1.807, 2.05) is 6.92 Å². The van der Waals surface area contributed by atoms with E-state index in [1.165, 1.54) is 0 Å². The summed E-state index contributed by atoms with van der Waals surface area (Å²) in [6, 6.07) is -0.499. The molecule has 0 saturated carbocycles. The molecule has 0 aliphatic heterocycles. The molecule has 3 heteroatoms. The third-order valence-corrected chi connectivity index (χ3v) is 0.883. The Morgan fingerprint density at radius 2 is 2.33 bits per heavy atom. The molecule has 0 aromatic heterocycles. The van der Waals surface area contributed by atoms with E-state index in [9.17, 15) is 4.79 Å². The van der Waals surface area contributed by atoms with Crippen LogP contribution in [0.3, 0.4) is 0 Å². The Labute approximate surface area is 54.4 Å². The molecule has 0 fully saturated rings. The maximum atomic E-state index is 10.1. The van der Waals surface area contributed by atoms with Gasteiger partial charge in [0.2, 0.25) is 0 Å². The predicted octanol–water partition coefficient (Wildman–Crippen LogP) is 0.583. The smallest absolute Gasteiger partial charge is 0.325 e. The van der Waals surface area contributed by atoms with Gasteiger partial charge in [0, 0.05) is 0 Å². The molecule has 2 N–H and O–H groups in total. The monoisotopic (exact) mass is 129 g/mol. The Hall–Kier alpha value is -0.990. The Morgan fingerprint density at radius 3 is 2.67 bits per heavy atom. The molecule has 0 bridgehead atoms. The van der Waals surface area contributed by atoms with Crippen LogP contribution in [0.4, 0.5) is 0 Å². The topological polar surface area (TPSA) is 49.3 Å². The normalized spacial score (nSPS) is 13.6. The first-order chi connectivity index (χ1) is 4.18. The van der Waals surface area contributed by atoms with E-state index in [0.717, 1.165) is 0 Å². The van der Waals surface area contributed by atoms with Crippen LogP contribution in [0.25, 0.3) is 0 Å². The summed E-state index contributed by atoms with van der Waals surface area (Å²) in [5, 5.41) is 11.0. The van der Waals surface area contributed by atoms with Crippen molar-refractivity contribution >= 4 is 5.97 Å². The summed E-state index contributed by atoms with van der Waals surface area (Å²) in [6.07, 6.45) is 3.36. The van der Waals surface area contributed by atoms with Crippen molar-refractivity contribution in [2.45, 2.75) is 19.9 Å². The van der Waals surface area contributed by atoms with E-state index in [1.54, 1.807) is 19.2 Å². The Balaban J connectivity index is 3.50. The first kappa shape index (κ1) is 8.01. The molecule has 0 aliphatic carbocycles. The summed E-state index contributed by atoms with van der Waals surface area (Å²) >= 11 is 0. The van der Waals surface area contributed by atoms with Crippen LogP contribution < -0.4 is 5.32 Å². The van der Waals surface area contributed by atoms with Crippen LogP contribution >= 0.6 is 0 Å². The minimum atomic E-state index is -0.840. The van der Waals surface area contributed by atoms with Gasteiger partial charge in [-0.3, -0.25) is 4.79 Å². The molecular formula is C6H11NO2. The van der Waals surface area contributed by atoms with Gasteiger partial charge < -0.3 is 10.4 Å². The maximum absolute atomic E-state index is 10.1. The predicted molar refractivity (Wildman–Crippen MR) is 35.0 cm³/mol. The zero-order valence-electron chi connectivity index (χ0n) is 5.59. The minimum Gasteiger partial charge on any atom is -0.480 e. The molecule has 0 saturated heterocycles. The van der Waals surface area contributed by atoms with Gasteiger partial charge in [-0.15, -0.1) is 0 Å². The van der Waals surface area contributed by atoms with Crippen LogP contribution in [0.2, 0.25) is 0 Å². The fourth-order valence-electron chi connectivity index (χ4n) is 0.312. The molecule has 0 aliphatic rings. The number of carboxylic acid groups (broad SMARTS) is 1. The second kappa shape index (κ2) is 3.95. The summed E-state index contributed by atoms with van der Waals surface area (Å²) in [6.45, 7) is 3.41. The van der Waals surface area contributed by atoms with E-state index < -0.39 is 12.0 Å². The Bertz CT molecular complexity index is 120. The average Bonchev–Trinajstić information content (AvgIpc) is 1.82. The van der Waals surface area contributed by atoms with Crippen LogP contribution in [0.1, 0.15) is 13.8 Å². The number of carbonyl (C=O) groups is 1. The highest BCUT2D eigenvalue weighted by Gasteiger charge is 2.05. The summed E-state index contributed by atoms with van der Waals surface area (Å²) < 4.78 is 0. The van der Waals surface area contributed by atoms with Crippen LogP contribution in [-0.2, 0) is 4.79 Å². The third kappa shape index (κ3) is 3.58. The van der Waals surface area contributed by atoms with Crippen molar-refractivity contribution in [3.8, 4) is 0 Å². The van der Waals surface area contributed by atoms with Crippen molar-refractivity contribution in [1.29, 1.82) is 0 Å². The average molecular weight is 129 g/mol. The van der Waals surface area contributed by atoms with Gasteiger partial charge in [-0.1, -0.05) is 6.08 Å². The van der Waals surface area contributed by atoms with Crippen LogP contribution in [-0.4, -0.2) is 17.1 Å². The molecule has 3 nitrogen and oxygen atoms in total. The van der Waals surface area contributed by atoms with Gasteiger partial charge >= 0.3 is 5.97 Å². The first-order valence-corrected chi connectivity index (χ1v) is 2.78. The van der Waals surface area contributed by atoms with Crippen molar-refractivity contribution < 1.29 is 9.90 Å². The van der Waals surface area contributed by atoms with Gasteiger partial charge in [0.25, 0.3) is 0 Å². The van der Waals surface area contributed by atoms with Gasteiger partial charge in [-0.05, 0) is 20.0 Å². The van der Waals surface area contributed by atoms with Gasteiger partial charge in [0.05, 0.1) is 0 Å². The number of nitrogens with one attached hydrogen (secondary N) is 1. The molecule has 0 aromatic carbocycles. The largest absolute Gasteiger partial charge is 0.480 e. The number of carboxylic acids is 1. The second-order valence-corrected chi connectivity index (χ2v) is 1.73. The number of allylic oxidation sites excluding steroid dienone is 1. The lowest BCUT2D eigenvalue weighted by atomic mass is 10.3. The number of hydrogen-bond acceptors (Lipinski definition) is 2. The molecule has 0 heterocycles. The van der Waals surface area contributed by atoms with Crippen LogP contribution in [0.15, 0.2) is 12.3 Å². The number of rotatable bonds is 3. The molecule has 0 rings (SSSR count). The SMILES string of the molecule is CC=CNC(C)C(=O)O. The molecule has 0 amide bonds. The van der Waals surface area contributed by atoms with Crippen molar-refractivity contribution in [3.63, 3.8) is 0 Å². The molecule has 0 spiro atoms. The Kier molecular flexibility index (Phi) is 3.51. The second-order valence-electron chi connectivity index (χ2n) is 1.73. The van der Waals surface area contributed by atoms with Gasteiger partial charge in [-0.2, -0.15) is 0 Å². The fourth-order valence-corrected chi connectivity index (χ4v) is 0.312. The summed E-state index contributed by atoms with van der Waals surface area (Å²) in [7, 11) is 0. The molecule has 52 valence electrons. The lowest BCUT2D eigenvalue weighted by molar-refractivity contribution is -0.138. The highest BCUT2D eigenvalue weighted by Crippen LogP contribution is 1.79. The van der Waals surface area contributed by atoms with Gasteiger partial charge in [0.15, 0.2) is 0 Å². The van der Waals surface area contributed by atoms with E-state index >= 15 is 0 Å². The molecule has 9 heavy (non-hydrogen) atoms. The van der Waals surface area contributed by atoms with E-state index in [4.69, 9.17) is 5.11 Å². The molecule has 0 aromatic rings. The van der Waals surface area contributed by atoms with Crippen molar-refractivity contribution in [2.24, 2.45) is 0 Å². The van der Waals surface area contributed by atoms with Crippen molar-refractivity contribution in [1.82, 2.24) is 5.32 Å². The lowest BCUT2D eigenvalue weighted by Gasteiger charge is -2.03. The molecule has 1 unspecified atom stereocenters. The zero-order chi connectivity index (χ0) is 7.28. The maximum Gasteiger partial charge on any atom is 0.325 e. The van der Waals surface area contributed by atoms with Crippen molar-refractivity contribution in [3.05, 3.63) is 12.3 Å². The molecule has 0 radical (unpaired) electrons. The highest BCUT2D eigenvalue weighted by atomic mass is 16.4. The highest BCUT2D eigenvalue weighted by molar-refractivity contribution is 5.72. The zero-order valence-corrected chi connectivity index (χ0v) is 5.59.